The SMILES string of the molecule is COc1cc(F)ccc1NC(=O)CCC(C)N.Cl. The summed E-state index contributed by atoms with van der Waals surface area (Å²) in [6.45, 7) is 1.84. The summed E-state index contributed by atoms with van der Waals surface area (Å²) in [6.07, 6.45) is 0.938. The van der Waals surface area contributed by atoms with Crippen molar-refractivity contribution in [3.63, 3.8) is 0 Å². The van der Waals surface area contributed by atoms with Crippen molar-refractivity contribution in [2.24, 2.45) is 5.73 Å². The van der Waals surface area contributed by atoms with Gasteiger partial charge in [0.05, 0.1) is 12.8 Å². The van der Waals surface area contributed by atoms with Crippen molar-refractivity contribution < 1.29 is 13.9 Å². The number of halogens is 2. The van der Waals surface area contributed by atoms with Gasteiger partial charge in [-0.15, -0.1) is 12.4 Å². The maximum Gasteiger partial charge on any atom is 0.224 e. The van der Waals surface area contributed by atoms with Gasteiger partial charge in [0.15, 0.2) is 0 Å². The Labute approximate surface area is 112 Å². The number of amides is 1. The van der Waals surface area contributed by atoms with Crippen LogP contribution >= 0.6 is 12.4 Å². The fourth-order valence-corrected chi connectivity index (χ4v) is 1.34. The summed E-state index contributed by atoms with van der Waals surface area (Å²) < 4.78 is 17.9. The summed E-state index contributed by atoms with van der Waals surface area (Å²) in [5, 5.41) is 2.66. The second-order valence-corrected chi connectivity index (χ2v) is 3.91. The minimum atomic E-state index is -0.407. The molecule has 0 heterocycles. The van der Waals surface area contributed by atoms with E-state index in [9.17, 15) is 9.18 Å². The first kappa shape index (κ1) is 16.7. The number of carbonyl (C=O) groups is 1. The van der Waals surface area contributed by atoms with E-state index in [-0.39, 0.29) is 24.4 Å². The van der Waals surface area contributed by atoms with E-state index >= 15 is 0 Å². The van der Waals surface area contributed by atoms with E-state index in [1.165, 1.54) is 25.3 Å². The second kappa shape index (κ2) is 7.89. The summed E-state index contributed by atoms with van der Waals surface area (Å²) in [6, 6.07) is 3.94. The zero-order chi connectivity index (χ0) is 12.8. The van der Waals surface area contributed by atoms with Crippen LogP contribution in [0.25, 0.3) is 0 Å². The highest BCUT2D eigenvalue weighted by atomic mass is 35.5. The Balaban J connectivity index is 0.00000289. The predicted molar refractivity (Wildman–Crippen MR) is 71.7 cm³/mol. The van der Waals surface area contributed by atoms with E-state index in [2.05, 4.69) is 5.32 Å². The number of carbonyl (C=O) groups excluding carboxylic acids is 1. The molecule has 1 amide bonds. The van der Waals surface area contributed by atoms with E-state index in [4.69, 9.17) is 10.5 Å². The third kappa shape index (κ3) is 5.33. The molecule has 0 saturated heterocycles. The molecule has 1 rings (SSSR count). The summed E-state index contributed by atoms with van der Waals surface area (Å²) in [5.74, 6) is -0.262. The molecule has 1 aromatic carbocycles. The Morgan fingerprint density at radius 2 is 2.22 bits per heavy atom. The number of rotatable bonds is 5. The lowest BCUT2D eigenvalue weighted by molar-refractivity contribution is -0.116. The lowest BCUT2D eigenvalue weighted by Gasteiger charge is -2.10. The van der Waals surface area contributed by atoms with Crippen LogP contribution in [0.5, 0.6) is 5.75 Å². The van der Waals surface area contributed by atoms with Crippen molar-refractivity contribution in [3.05, 3.63) is 24.0 Å². The van der Waals surface area contributed by atoms with E-state index < -0.39 is 5.82 Å². The quantitative estimate of drug-likeness (QED) is 0.867. The zero-order valence-electron chi connectivity index (χ0n) is 10.4. The third-order valence-corrected chi connectivity index (χ3v) is 2.26. The summed E-state index contributed by atoms with van der Waals surface area (Å²) in [7, 11) is 1.42. The lowest BCUT2D eigenvalue weighted by atomic mass is 10.2. The molecule has 0 radical (unpaired) electrons. The smallest absolute Gasteiger partial charge is 0.224 e. The van der Waals surface area contributed by atoms with Crippen LogP contribution in [0, 0.1) is 5.82 Å². The van der Waals surface area contributed by atoms with Crippen LogP contribution in [-0.2, 0) is 4.79 Å². The number of nitrogens with one attached hydrogen (secondary N) is 1. The number of ether oxygens (including phenoxy) is 1. The first-order valence-corrected chi connectivity index (χ1v) is 5.42. The Morgan fingerprint density at radius 1 is 1.56 bits per heavy atom. The molecular weight excluding hydrogens is 259 g/mol. The molecule has 0 saturated carbocycles. The number of benzene rings is 1. The Kier molecular flexibility index (Phi) is 7.31. The van der Waals surface area contributed by atoms with Crippen LogP contribution in [0.2, 0.25) is 0 Å². The van der Waals surface area contributed by atoms with Crippen molar-refractivity contribution in [1.82, 2.24) is 0 Å². The molecule has 18 heavy (non-hydrogen) atoms. The van der Waals surface area contributed by atoms with Gasteiger partial charge in [-0.05, 0) is 25.5 Å². The van der Waals surface area contributed by atoms with Crippen LogP contribution in [0.15, 0.2) is 18.2 Å². The molecule has 1 atom stereocenters. The van der Waals surface area contributed by atoms with Crippen LogP contribution in [0.3, 0.4) is 0 Å². The minimum Gasteiger partial charge on any atom is -0.494 e. The predicted octanol–water partition coefficient (Wildman–Crippen LogP) is 2.32. The molecule has 1 aromatic rings. The van der Waals surface area contributed by atoms with Gasteiger partial charge in [0.1, 0.15) is 11.6 Å². The molecular formula is C12H18ClFN2O2. The van der Waals surface area contributed by atoms with Gasteiger partial charge in [-0.3, -0.25) is 4.79 Å². The molecule has 0 aliphatic heterocycles. The lowest BCUT2D eigenvalue weighted by Crippen LogP contribution is -2.19. The van der Waals surface area contributed by atoms with E-state index in [1.54, 1.807) is 0 Å². The van der Waals surface area contributed by atoms with Gasteiger partial charge < -0.3 is 15.8 Å². The summed E-state index contributed by atoms with van der Waals surface area (Å²) >= 11 is 0. The molecule has 0 bridgehead atoms. The molecule has 4 nitrogen and oxygen atoms in total. The highest BCUT2D eigenvalue weighted by Crippen LogP contribution is 2.25. The Morgan fingerprint density at radius 3 is 2.78 bits per heavy atom. The van der Waals surface area contributed by atoms with Crippen LogP contribution in [-0.4, -0.2) is 19.1 Å². The molecule has 0 aliphatic carbocycles. The minimum absolute atomic E-state index is 0. The van der Waals surface area contributed by atoms with Gasteiger partial charge >= 0.3 is 0 Å². The average Bonchev–Trinajstić information content (AvgIpc) is 2.28. The Bertz CT molecular complexity index is 400. The molecule has 0 aromatic heterocycles. The number of hydrogen-bond acceptors (Lipinski definition) is 3. The number of hydrogen-bond donors (Lipinski definition) is 2. The topological polar surface area (TPSA) is 64.3 Å². The van der Waals surface area contributed by atoms with Gasteiger partial charge in [-0.2, -0.15) is 0 Å². The molecule has 0 aliphatic rings. The maximum atomic E-state index is 12.9. The number of nitrogens with two attached hydrogens (primary N) is 1. The molecule has 6 heteroatoms. The molecule has 3 N–H and O–H groups in total. The van der Waals surface area contributed by atoms with Crippen molar-refractivity contribution >= 4 is 24.0 Å². The van der Waals surface area contributed by atoms with Crippen molar-refractivity contribution in [3.8, 4) is 5.75 Å². The van der Waals surface area contributed by atoms with Gasteiger partial charge in [0, 0.05) is 18.5 Å². The molecule has 0 spiro atoms. The zero-order valence-corrected chi connectivity index (χ0v) is 11.2. The fraction of sp³-hybridized carbons (Fsp3) is 0.417. The van der Waals surface area contributed by atoms with Crippen LogP contribution in [0.1, 0.15) is 19.8 Å². The van der Waals surface area contributed by atoms with Gasteiger partial charge in [-0.1, -0.05) is 0 Å². The van der Waals surface area contributed by atoms with E-state index in [0.29, 0.717) is 24.3 Å². The Hall–Kier alpha value is -1.33. The van der Waals surface area contributed by atoms with Crippen LogP contribution in [0.4, 0.5) is 10.1 Å². The monoisotopic (exact) mass is 276 g/mol. The first-order chi connectivity index (χ1) is 8.02. The second-order valence-electron chi connectivity index (χ2n) is 3.91. The van der Waals surface area contributed by atoms with Gasteiger partial charge in [0.2, 0.25) is 5.91 Å². The summed E-state index contributed by atoms with van der Waals surface area (Å²) in [5.41, 5.74) is 6.02. The van der Waals surface area contributed by atoms with Crippen molar-refractivity contribution in [1.29, 1.82) is 0 Å². The highest BCUT2D eigenvalue weighted by Gasteiger charge is 2.09. The molecule has 102 valence electrons. The average molecular weight is 277 g/mol. The largest absolute Gasteiger partial charge is 0.494 e. The molecule has 1 unspecified atom stereocenters. The van der Waals surface area contributed by atoms with Crippen LogP contribution < -0.4 is 15.8 Å². The summed E-state index contributed by atoms with van der Waals surface area (Å²) in [4.78, 5) is 11.6. The van der Waals surface area contributed by atoms with E-state index in [0.717, 1.165) is 0 Å². The maximum absolute atomic E-state index is 12.9. The number of methoxy groups -OCH3 is 1. The van der Waals surface area contributed by atoms with Gasteiger partial charge in [-0.25, -0.2) is 4.39 Å². The van der Waals surface area contributed by atoms with E-state index in [1.807, 2.05) is 6.92 Å². The fourth-order valence-electron chi connectivity index (χ4n) is 1.34. The normalized spacial score (nSPS) is 11.3. The molecule has 0 fully saturated rings. The first-order valence-electron chi connectivity index (χ1n) is 5.42. The van der Waals surface area contributed by atoms with Crippen molar-refractivity contribution in [2.75, 3.05) is 12.4 Å². The number of anilines is 1. The highest BCUT2D eigenvalue weighted by molar-refractivity contribution is 5.92. The van der Waals surface area contributed by atoms with Gasteiger partial charge in [0.25, 0.3) is 0 Å². The third-order valence-electron chi connectivity index (χ3n) is 2.26. The standard InChI is InChI=1S/C12H17FN2O2.ClH/c1-8(14)3-6-12(16)15-10-5-4-9(13)7-11(10)17-2;/h4-5,7-8H,3,6,14H2,1-2H3,(H,15,16);1H. The van der Waals surface area contributed by atoms with Crippen molar-refractivity contribution in [2.45, 2.75) is 25.8 Å².